The van der Waals surface area contributed by atoms with Gasteiger partial charge in [-0.1, -0.05) is 24.3 Å². The number of nitrogens with one attached hydrogen (secondary N) is 2. The van der Waals surface area contributed by atoms with Gasteiger partial charge in [-0.05, 0) is 24.3 Å². The second-order valence-electron chi connectivity index (χ2n) is 6.55. The number of fused-ring (bicyclic) bond motifs is 1. The van der Waals surface area contributed by atoms with Crippen LogP contribution in [0.5, 0.6) is 5.75 Å². The SMILES string of the molecule is COc1ccccc1NC(=O)C[NH+]1CCC[C@@H]1c1nc2ccccc2s1. The van der Waals surface area contributed by atoms with Crippen LogP contribution in [0.3, 0.4) is 0 Å². The van der Waals surface area contributed by atoms with Crippen molar-refractivity contribution in [3.63, 3.8) is 0 Å². The normalized spacial score (nSPS) is 19.6. The highest BCUT2D eigenvalue weighted by Crippen LogP contribution is 2.28. The van der Waals surface area contributed by atoms with Crippen molar-refractivity contribution in [1.82, 2.24) is 4.98 Å². The molecule has 0 saturated carbocycles. The van der Waals surface area contributed by atoms with Crippen molar-refractivity contribution >= 4 is 33.1 Å². The predicted molar refractivity (Wildman–Crippen MR) is 104 cm³/mol. The van der Waals surface area contributed by atoms with Gasteiger partial charge < -0.3 is 15.0 Å². The molecule has 2 aromatic carbocycles. The van der Waals surface area contributed by atoms with Gasteiger partial charge in [-0.3, -0.25) is 4.79 Å². The average Bonchev–Trinajstić information content (AvgIpc) is 3.28. The number of aromatic nitrogens is 1. The zero-order chi connectivity index (χ0) is 17.9. The van der Waals surface area contributed by atoms with Crippen molar-refractivity contribution in [3.8, 4) is 5.75 Å². The molecule has 1 unspecified atom stereocenters. The summed E-state index contributed by atoms with van der Waals surface area (Å²) in [6.07, 6.45) is 2.20. The van der Waals surface area contributed by atoms with Gasteiger partial charge in [-0.2, -0.15) is 0 Å². The number of carbonyl (C=O) groups excluding carboxylic acids is 1. The lowest BCUT2D eigenvalue weighted by molar-refractivity contribution is -0.910. The summed E-state index contributed by atoms with van der Waals surface area (Å²) >= 11 is 1.75. The molecular weight excluding hydrogens is 346 g/mol. The van der Waals surface area contributed by atoms with Crippen LogP contribution in [0.2, 0.25) is 0 Å². The van der Waals surface area contributed by atoms with E-state index in [-0.39, 0.29) is 5.91 Å². The maximum atomic E-state index is 12.6. The third-order valence-electron chi connectivity index (χ3n) is 4.86. The number of amides is 1. The zero-order valence-electron chi connectivity index (χ0n) is 14.7. The van der Waals surface area contributed by atoms with Crippen LogP contribution in [0.15, 0.2) is 48.5 Å². The Morgan fingerprint density at radius 3 is 2.92 bits per heavy atom. The highest BCUT2D eigenvalue weighted by molar-refractivity contribution is 7.18. The second-order valence-corrected chi connectivity index (χ2v) is 7.61. The third-order valence-corrected chi connectivity index (χ3v) is 6.01. The van der Waals surface area contributed by atoms with E-state index in [4.69, 9.17) is 9.72 Å². The van der Waals surface area contributed by atoms with Crippen LogP contribution in [-0.2, 0) is 4.79 Å². The molecule has 1 aliphatic heterocycles. The summed E-state index contributed by atoms with van der Waals surface area (Å²) in [5.41, 5.74) is 1.77. The maximum Gasteiger partial charge on any atom is 0.279 e. The maximum absolute atomic E-state index is 12.6. The number of para-hydroxylation sites is 3. The molecule has 0 aliphatic carbocycles. The third kappa shape index (κ3) is 3.43. The molecule has 2 atom stereocenters. The van der Waals surface area contributed by atoms with Crippen molar-refractivity contribution in [1.29, 1.82) is 0 Å². The number of quaternary nitrogens is 1. The summed E-state index contributed by atoms with van der Waals surface area (Å²) in [4.78, 5) is 18.7. The van der Waals surface area contributed by atoms with Crippen molar-refractivity contribution in [2.75, 3.05) is 25.5 Å². The van der Waals surface area contributed by atoms with Crippen LogP contribution in [0, 0.1) is 0 Å². The Labute approximate surface area is 156 Å². The largest absolute Gasteiger partial charge is 0.495 e. The molecule has 3 aromatic rings. The minimum absolute atomic E-state index is 0.0116. The molecule has 4 rings (SSSR count). The van der Waals surface area contributed by atoms with Crippen molar-refractivity contribution < 1.29 is 14.4 Å². The van der Waals surface area contributed by atoms with E-state index in [0.717, 1.165) is 35.6 Å². The molecule has 0 radical (unpaired) electrons. The number of ether oxygens (including phenoxy) is 1. The molecule has 2 N–H and O–H groups in total. The predicted octanol–water partition coefficient (Wildman–Crippen LogP) is 2.66. The fourth-order valence-electron chi connectivity index (χ4n) is 3.61. The number of hydrogen-bond acceptors (Lipinski definition) is 4. The van der Waals surface area contributed by atoms with Crippen LogP contribution in [0.25, 0.3) is 10.2 Å². The van der Waals surface area contributed by atoms with Gasteiger partial charge in [0.1, 0.15) is 11.8 Å². The second kappa shape index (κ2) is 7.43. The fraction of sp³-hybridized carbons (Fsp3) is 0.300. The number of carbonyl (C=O) groups is 1. The van der Waals surface area contributed by atoms with E-state index < -0.39 is 0 Å². The van der Waals surface area contributed by atoms with Crippen LogP contribution >= 0.6 is 11.3 Å². The molecular formula is C20H22N3O2S+. The number of rotatable bonds is 5. The van der Waals surface area contributed by atoms with Gasteiger partial charge in [0.2, 0.25) is 0 Å². The quantitative estimate of drug-likeness (QED) is 0.728. The monoisotopic (exact) mass is 368 g/mol. The van der Waals surface area contributed by atoms with Crippen LogP contribution in [-0.4, -0.2) is 31.1 Å². The smallest absolute Gasteiger partial charge is 0.279 e. The molecule has 26 heavy (non-hydrogen) atoms. The molecule has 1 amide bonds. The highest BCUT2D eigenvalue weighted by Gasteiger charge is 2.34. The van der Waals surface area contributed by atoms with E-state index in [1.807, 2.05) is 36.4 Å². The van der Waals surface area contributed by atoms with E-state index in [9.17, 15) is 4.79 Å². The molecule has 1 aromatic heterocycles. The lowest BCUT2D eigenvalue weighted by Gasteiger charge is -2.19. The number of hydrogen-bond donors (Lipinski definition) is 2. The Morgan fingerprint density at radius 2 is 2.08 bits per heavy atom. The molecule has 1 aliphatic rings. The molecule has 5 nitrogen and oxygen atoms in total. The average molecular weight is 368 g/mol. The van der Waals surface area contributed by atoms with Crippen LogP contribution in [0.4, 0.5) is 5.69 Å². The Morgan fingerprint density at radius 1 is 1.27 bits per heavy atom. The number of nitrogens with zero attached hydrogens (tertiary/aromatic N) is 1. The molecule has 6 heteroatoms. The zero-order valence-corrected chi connectivity index (χ0v) is 15.5. The van der Waals surface area contributed by atoms with Gasteiger partial charge in [0.05, 0.1) is 29.6 Å². The molecule has 1 fully saturated rings. The lowest BCUT2D eigenvalue weighted by atomic mass is 10.2. The standard InChI is InChI=1S/C20H21N3O2S/c1-25-17-10-4-2-7-14(17)21-19(24)13-23-12-6-9-16(23)20-22-15-8-3-5-11-18(15)26-20/h2-5,7-8,10-11,16H,6,9,12-13H2,1H3,(H,21,24)/p+1/t16-/m1/s1. The Kier molecular flexibility index (Phi) is 4.86. The summed E-state index contributed by atoms with van der Waals surface area (Å²) < 4.78 is 6.53. The molecule has 1 saturated heterocycles. The minimum Gasteiger partial charge on any atom is -0.495 e. The van der Waals surface area contributed by atoms with Gasteiger partial charge in [0.15, 0.2) is 11.6 Å². The van der Waals surface area contributed by atoms with Crippen molar-refractivity contribution in [2.45, 2.75) is 18.9 Å². The summed E-state index contributed by atoms with van der Waals surface area (Å²) in [5, 5.41) is 4.13. The summed E-state index contributed by atoms with van der Waals surface area (Å²) in [6, 6.07) is 16.0. The topological polar surface area (TPSA) is 55.7 Å². The first kappa shape index (κ1) is 17.0. The van der Waals surface area contributed by atoms with Crippen molar-refractivity contribution in [2.24, 2.45) is 0 Å². The Bertz CT molecular complexity index is 891. The number of methoxy groups -OCH3 is 1. The van der Waals surface area contributed by atoms with Gasteiger partial charge in [0, 0.05) is 12.8 Å². The number of anilines is 1. The fourth-order valence-corrected chi connectivity index (χ4v) is 4.77. The summed E-state index contributed by atoms with van der Waals surface area (Å²) in [5.74, 6) is 0.692. The number of thiazole rings is 1. The molecule has 2 heterocycles. The molecule has 134 valence electrons. The summed E-state index contributed by atoms with van der Waals surface area (Å²) in [7, 11) is 1.61. The van der Waals surface area contributed by atoms with Crippen LogP contribution in [0.1, 0.15) is 23.9 Å². The first-order valence-electron chi connectivity index (χ1n) is 8.87. The van der Waals surface area contributed by atoms with E-state index in [2.05, 4.69) is 17.4 Å². The number of benzene rings is 2. The van der Waals surface area contributed by atoms with E-state index in [0.29, 0.717) is 18.3 Å². The Balaban J connectivity index is 1.47. The van der Waals surface area contributed by atoms with Gasteiger partial charge >= 0.3 is 0 Å². The molecule has 0 spiro atoms. The van der Waals surface area contributed by atoms with E-state index in [1.165, 1.54) is 9.60 Å². The van der Waals surface area contributed by atoms with Gasteiger partial charge in [0.25, 0.3) is 5.91 Å². The Hall–Kier alpha value is -2.44. The number of likely N-dealkylation sites (tertiary alicyclic amines) is 1. The minimum atomic E-state index is 0.0116. The molecule has 0 bridgehead atoms. The van der Waals surface area contributed by atoms with E-state index >= 15 is 0 Å². The van der Waals surface area contributed by atoms with Gasteiger partial charge in [-0.15, -0.1) is 11.3 Å². The van der Waals surface area contributed by atoms with Gasteiger partial charge in [-0.25, -0.2) is 4.98 Å². The van der Waals surface area contributed by atoms with E-state index in [1.54, 1.807) is 18.4 Å². The van der Waals surface area contributed by atoms with Crippen LogP contribution < -0.4 is 15.0 Å². The highest BCUT2D eigenvalue weighted by atomic mass is 32.1. The first-order chi connectivity index (χ1) is 12.7. The lowest BCUT2D eigenvalue weighted by Crippen LogP contribution is -3.11. The van der Waals surface area contributed by atoms with Crippen molar-refractivity contribution in [3.05, 3.63) is 53.5 Å². The first-order valence-corrected chi connectivity index (χ1v) is 9.69. The summed E-state index contributed by atoms with van der Waals surface area (Å²) in [6.45, 7) is 1.44.